The molecule has 2 rings (SSSR count). The van der Waals surface area contributed by atoms with E-state index in [9.17, 15) is 0 Å². The van der Waals surface area contributed by atoms with Gasteiger partial charge < -0.3 is 9.84 Å². The highest BCUT2D eigenvalue weighted by atomic mass is 16.5. The maximum absolute atomic E-state index is 8.76. The highest BCUT2D eigenvalue weighted by molar-refractivity contribution is 5.84. The summed E-state index contributed by atoms with van der Waals surface area (Å²) in [5.74, 6) is 0.889. The number of aliphatic hydroxyl groups is 1. The van der Waals surface area contributed by atoms with Crippen molar-refractivity contribution < 1.29 is 9.84 Å². The number of hydrogen-bond donors (Lipinski definition) is 1. The number of rotatable bonds is 13. The van der Waals surface area contributed by atoms with Crippen molar-refractivity contribution in [2.24, 2.45) is 0 Å². The highest BCUT2D eigenvalue weighted by Crippen LogP contribution is 2.25. The third-order valence-electron chi connectivity index (χ3n) is 4.69. The van der Waals surface area contributed by atoms with Crippen LogP contribution in [0.3, 0.4) is 0 Å². The molecule has 1 aromatic carbocycles. The predicted molar refractivity (Wildman–Crippen MR) is 110 cm³/mol. The van der Waals surface area contributed by atoms with Crippen LogP contribution in [0.25, 0.3) is 10.9 Å². The van der Waals surface area contributed by atoms with Gasteiger partial charge in [0.25, 0.3) is 0 Å². The normalized spacial score (nSPS) is 11.4. The molecule has 1 N–H and O–H groups in total. The average molecular weight is 358 g/mol. The lowest BCUT2D eigenvalue weighted by Gasteiger charge is -2.12. The highest BCUT2D eigenvalue weighted by Gasteiger charge is 2.06. The molecule has 0 saturated heterocycles. The van der Waals surface area contributed by atoms with Gasteiger partial charge in [0.05, 0.1) is 6.10 Å². The van der Waals surface area contributed by atoms with Gasteiger partial charge in [-0.1, -0.05) is 63.1 Å². The third kappa shape index (κ3) is 7.33. The molecule has 26 heavy (non-hydrogen) atoms. The second kappa shape index (κ2) is 11.9. The first kappa shape index (κ1) is 20.7. The lowest BCUT2D eigenvalue weighted by Crippen LogP contribution is -2.06. The summed E-state index contributed by atoms with van der Waals surface area (Å²) in [6, 6.07) is 10.5. The van der Waals surface area contributed by atoms with Crippen LogP contribution in [-0.4, -0.2) is 22.8 Å². The maximum atomic E-state index is 8.76. The van der Waals surface area contributed by atoms with E-state index < -0.39 is 0 Å². The van der Waals surface area contributed by atoms with Crippen LogP contribution >= 0.6 is 0 Å². The third-order valence-corrected chi connectivity index (χ3v) is 4.69. The summed E-state index contributed by atoms with van der Waals surface area (Å²) in [6.45, 7) is 4.44. The SMILES string of the molecule is CC(C)Oc1cccc2ccc(CCCCCCCCCCCO)nc12. The Hall–Kier alpha value is -1.61. The van der Waals surface area contributed by atoms with Crippen molar-refractivity contribution in [3.05, 3.63) is 36.0 Å². The van der Waals surface area contributed by atoms with Gasteiger partial charge in [0.15, 0.2) is 0 Å². The Labute approximate surface area is 158 Å². The zero-order valence-electron chi connectivity index (χ0n) is 16.5. The smallest absolute Gasteiger partial charge is 0.145 e. The number of aliphatic hydroxyl groups excluding tert-OH is 1. The summed E-state index contributed by atoms with van der Waals surface area (Å²) in [5, 5.41) is 9.91. The Morgan fingerprint density at radius 1 is 0.846 bits per heavy atom. The molecule has 0 fully saturated rings. The minimum Gasteiger partial charge on any atom is -0.489 e. The van der Waals surface area contributed by atoms with E-state index in [0.29, 0.717) is 6.61 Å². The summed E-state index contributed by atoms with van der Waals surface area (Å²) >= 11 is 0. The van der Waals surface area contributed by atoms with Gasteiger partial charge in [-0.25, -0.2) is 4.98 Å². The molecule has 0 unspecified atom stereocenters. The lowest BCUT2D eigenvalue weighted by atomic mass is 10.1. The second-order valence-corrected chi connectivity index (χ2v) is 7.45. The van der Waals surface area contributed by atoms with E-state index in [4.69, 9.17) is 14.8 Å². The number of aryl methyl sites for hydroxylation is 1. The van der Waals surface area contributed by atoms with Gasteiger partial charge in [-0.3, -0.25) is 0 Å². The molecule has 144 valence electrons. The van der Waals surface area contributed by atoms with E-state index in [2.05, 4.69) is 32.0 Å². The molecule has 0 aliphatic carbocycles. The topological polar surface area (TPSA) is 42.4 Å². The van der Waals surface area contributed by atoms with Crippen molar-refractivity contribution in [1.29, 1.82) is 0 Å². The number of pyridine rings is 1. The van der Waals surface area contributed by atoms with Crippen LogP contribution in [0.2, 0.25) is 0 Å². The fourth-order valence-corrected chi connectivity index (χ4v) is 3.30. The zero-order chi connectivity index (χ0) is 18.6. The molecule has 0 atom stereocenters. The van der Waals surface area contributed by atoms with E-state index in [1.54, 1.807) is 0 Å². The van der Waals surface area contributed by atoms with Crippen molar-refractivity contribution in [3.63, 3.8) is 0 Å². The number of hydrogen-bond acceptors (Lipinski definition) is 3. The number of unbranched alkanes of at least 4 members (excludes halogenated alkanes) is 8. The quantitative estimate of drug-likeness (QED) is 0.443. The number of ether oxygens (including phenoxy) is 1. The first-order valence-electron chi connectivity index (χ1n) is 10.4. The van der Waals surface area contributed by atoms with Gasteiger partial charge in [-0.2, -0.15) is 0 Å². The molecule has 0 aliphatic rings. The summed E-state index contributed by atoms with van der Waals surface area (Å²) < 4.78 is 5.91. The Balaban J connectivity index is 1.72. The van der Waals surface area contributed by atoms with Crippen LogP contribution in [0.1, 0.15) is 77.3 Å². The molecule has 3 nitrogen and oxygen atoms in total. The number of para-hydroxylation sites is 1. The van der Waals surface area contributed by atoms with Crippen LogP contribution < -0.4 is 4.74 Å². The Morgan fingerprint density at radius 2 is 1.50 bits per heavy atom. The molecule has 0 saturated carbocycles. The van der Waals surface area contributed by atoms with E-state index in [1.165, 1.54) is 57.1 Å². The van der Waals surface area contributed by atoms with Crippen molar-refractivity contribution in [2.75, 3.05) is 6.61 Å². The van der Waals surface area contributed by atoms with Crippen molar-refractivity contribution >= 4 is 10.9 Å². The molecule has 0 aliphatic heterocycles. The average Bonchev–Trinajstić information content (AvgIpc) is 2.63. The largest absolute Gasteiger partial charge is 0.489 e. The minimum absolute atomic E-state index is 0.162. The fourth-order valence-electron chi connectivity index (χ4n) is 3.30. The second-order valence-electron chi connectivity index (χ2n) is 7.45. The Bertz CT molecular complexity index is 639. The molecule has 2 aromatic rings. The summed E-state index contributed by atoms with van der Waals surface area (Å²) in [4.78, 5) is 4.86. The summed E-state index contributed by atoms with van der Waals surface area (Å²) in [7, 11) is 0. The first-order valence-corrected chi connectivity index (χ1v) is 10.4. The van der Waals surface area contributed by atoms with E-state index in [0.717, 1.165) is 29.5 Å². The van der Waals surface area contributed by atoms with Crippen LogP contribution in [-0.2, 0) is 6.42 Å². The van der Waals surface area contributed by atoms with Crippen LogP contribution in [0.4, 0.5) is 0 Å². The Morgan fingerprint density at radius 3 is 2.15 bits per heavy atom. The molecule has 0 spiro atoms. The maximum Gasteiger partial charge on any atom is 0.145 e. The molecule has 1 aromatic heterocycles. The van der Waals surface area contributed by atoms with Crippen molar-refractivity contribution in [3.8, 4) is 5.75 Å². The number of aromatic nitrogens is 1. The molecule has 1 heterocycles. The zero-order valence-corrected chi connectivity index (χ0v) is 16.5. The van der Waals surface area contributed by atoms with Crippen molar-refractivity contribution in [1.82, 2.24) is 4.98 Å². The predicted octanol–water partition coefficient (Wildman–Crippen LogP) is 6.07. The molecule has 0 bridgehead atoms. The standard InChI is InChI=1S/C23H35NO2/c1-19(2)26-22-15-12-13-20-16-17-21(24-23(20)22)14-10-8-6-4-3-5-7-9-11-18-25/h12-13,15-17,19,25H,3-11,14,18H2,1-2H3. The molecule has 3 heteroatoms. The van der Waals surface area contributed by atoms with Gasteiger partial charge in [0.1, 0.15) is 11.3 Å². The van der Waals surface area contributed by atoms with Gasteiger partial charge >= 0.3 is 0 Å². The van der Waals surface area contributed by atoms with Crippen LogP contribution in [0.15, 0.2) is 30.3 Å². The Kier molecular flexibility index (Phi) is 9.47. The summed E-state index contributed by atoms with van der Waals surface area (Å²) in [5.41, 5.74) is 2.16. The van der Waals surface area contributed by atoms with E-state index in [-0.39, 0.29) is 6.10 Å². The molecule has 0 amide bonds. The van der Waals surface area contributed by atoms with Crippen LogP contribution in [0, 0.1) is 0 Å². The van der Waals surface area contributed by atoms with Crippen LogP contribution in [0.5, 0.6) is 5.75 Å². The number of benzene rings is 1. The number of fused-ring (bicyclic) bond motifs is 1. The van der Waals surface area contributed by atoms with E-state index in [1.807, 2.05) is 12.1 Å². The molecular weight excluding hydrogens is 322 g/mol. The first-order chi connectivity index (χ1) is 12.7. The summed E-state index contributed by atoms with van der Waals surface area (Å²) in [6.07, 6.45) is 12.4. The van der Waals surface area contributed by atoms with E-state index >= 15 is 0 Å². The van der Waals surface area contributed by atoms with Gasteiger partial charge in [0, 0.05) is 17.7 Å². The van der Waals surface area contributed by atoms with Gasteiger partial charge in [-0.05, 0) is 45.2 Å². The minimum atomic E-state index is 0.162. The lowest BCUT2D eigenvalue weighted by molar-refractivity contribution is 0.245. The number of nitrogens with zero attached hydrogens (tertiary/aromatic N) is 1. The monoisotopic (exact) mass is 357 g/mol. The molecular formula is C23H35NO2. The molecule has 0 radical (unpaired) electrons. The van der Waals surface area contributed by atoms with Gasteiger partial charge in [0.2, 0.25) is 0 Å². The fraction of sp³-hybridized carbons (Fsp3) is 0.609. The van der Waals surface area contributed by atoms with Crippen molar-refractivity contribution in [2.45, 2.75) is 84.2 Å². The van der Waals surface area contributed by atoms with Gasteiger partial charge in [-0.15, -0.1) is 0 Å².